The molecule has 0 amide bonds. The number of hydrogen-bond acceptors (Lipinski definition) is 5. The summed E-state index contributed by atoms with van der Waals surface area (Å²) in [6.45, 7) is 0. The number of nitrogens with zero attached hydrogens (tertiary/aromatic N) is 2. The van der Waals surface area contributed by atoms with Crippen molar-refractivity contribution in [3.8, 4) is 17.4 Å². The number of carbonyl (C=O) groups is 1. The van der Waals surface area contributed by atoms with Gasteiger partial charge in [0.25, 0.3) is 0 Å². The van der Waals surface area contributed by atoms with Crippen molar-refractivity contribution in [3.63, 3.8) is 0 Å². The third-order valence-corrected chi connectivity index (χ3v) is 3.55. The number of benzene rings is 1. The number of aromatic nitrogens is 2. The molecule has 0 bridgehead atoms. The Kier molecular flexibility index (Phi) is 3.83. The molecule has 0 saturated heterocycles. The highest BCUT2D eigenvalue weighted by Gasteiger charge is 2.18. The summed E-state index contributed by atoms with van der Waals surface area (Å²) in [4.78, 5) is 19.0. The zero-order valence-corrected chi connectivity index (χ0v) is 12.9. The number of carboxylic acid groups (broad SMARTS) is 1. The molecule has 0 saturated carbocycles. The zero-order valence-electron chi connectivity index (χ0n) is 11.3. The number of ether oxygens (including phenoxy) is 1. The minimum atomic E-state index is -1.35. The van der Waals surface area contributed by atoms with Crippen LogP contribution >= 0.6 is 15.9 Å². The standard InChI is InChI=1S/C15H8BrFN2O4/c16-14-11-9(13(20)12(19-14)15(21)22)5-6-10(18-11)23-8-3-1-7(17)2-4-8/h1-6,20H,(H,21,22). The molecular formula is C15H8BrFN2O4. The highest BCUT2D eigenvalue weighted by Crippen LogP contribution is 2.33. The second kappa shape index (κ2) is 5.81. The van der Waals surface area contributed by atoms with Gasteiger partial charge in [-0.05, 0) is 46.3 Å². The monoisotopic (exact) mass is 378 g/mol. The molecule has 116 valence electrons. The van der Waals surface area contributed by atoms with Crippen molar-refractivity contribution >= 4 is 32.8 Å². The Hall–Kier alpha value is -2.74. The lowest BCUT2D eigenvalue weighted by Crippen LogP contribution is -2.02. The predicted octanol–water partition coefficient (Wildman–Crippen LogP) is 3.73. The van der Waals surface area contributed by atoms with E-state index < -0.39 is 17.4 Å². The lowest BCUT2D eigenvalue weighted by atomic mass is 10.2. The van der Waals surface area contributed by atoms with Crippen LogP contribution in [-0.4, -0.2) is 26.2 Å². The number of hydrogen-bond donors (Lipinski definition) is 2. The van der Waals surface area contributed by atoms with Gasteiger partial charge in [-0.2, -0.15) is 0 Å². The van der Waals surface area contributed by atoms with E-state index in [1.807, 2.05) is 0 Å². The molecule has 0 aliphatic carbocycles. The van der Waals surface area contributed by atoms with E-state index >= 15 is 0 Å². The van der Waals surface area contributed by atoms with Gasteiger partial charge in [-0.25, -0.2) is 19.2 Å². The van der Waals surface area contributed by atoms with Crippen LogP contribution in [0.4, 0.5) is 4.39 Å². The van der Waals surface area contributed by atoms with Crippen molar-refractivity contribution < 1.29 is 24.1 Å². The van der Waals surface area contributed by atoms with Gasteiger partial charge in [0.2, 0.25) is 5.88 Å². The van der Waals surface area contributed by atoms with E-state index in [1.165, 1.54) is 36.4 Å². The van der Waals surface area contributed by atoms with Gasteiger partial charge in [-0.3, -0.25) is 0 Å². The highest BCUT2D eigenvalue weighted by molar-refractivity contribution is 9.10. The quantitative estimate of drug-likeness (QED) is 0.674. The Morgan fingerprint density at radius 2 is 1.83 bits per heavy atom. The first-order valence-electron chi connectivity index (χ1n) is 6.31. The van der Waals surface area contributed by atoms with Gasteiger partial charge >= 0.3 is 5.97 Å². The normalized spacial score (nSPS) is 10.7. The first-order chi connectivity index (χ1) is 11.0. The Labute approximate surface area is 137 Å². The molecule has 1 aromatic carbocycles. The first-order valence-corrected chi connectivity index (χ1v) is 7.11. The van der Waals surface area contributed by atoms with Crippen LogP contribution in [-0.2, 0) is 0 Å². The van der Waals surface area contributed by atoms with E-state index in [4.69, 9.17) is 9.84 Å². The van der Waals surface area contributed by atoms with Gasteiger partial charge in [0.05, 0.1) is 0 Å². The summed E-state index contributed by atoms with van der Waals surface area (Å²) in [5.41, 5.74) is -0.231. The van der Waals surface area contributed by atoms with Gasteiger partial charge in [0, 0.05) is 11.5 Å². The van der Waals surface area contributed by atoms with Crippen molar-refractivity contribution in [2.24, 2.45) is 0 Å². The fourth-order valence-corrected chi connectivity index (χ4v) is 2.43. The molecule has 0 fully saturated rings. The second-order valence-corrected chi connectivity index (χ2v) is 5.26. The molecular weight excluding hydrogens is 371 g/mol. The van der Waals surface area contributed by atoms with E-state index in [-0.39, 0.29) is 27.2 Å². The smallest absolute Gasteiger partial charge is 0.358 e. The Bertz CT molecular complexity index is 915. The molecule has 23 heavy (non-hydrogen) atoms. The average Bonchev–Trinajstić information content (AvgIpc) is 2.53. The summed E-state index contributed by atoms with van der Waals surface area (Å²) in [6.07, 6.45) is 0. The van der Waals surface area contributed by atoms with Crippen LogP contribution in [0, 0.1) is 5.82 Å². The van der Waals surface area contributed by atoms with Crippen LogP contribution in [0.15, 0.2) is 41.0 Å². The third-order valence-electron chi connectivity index (χ3n) is 2.99. The largest absolute Gasteiger partial charge is 0.505 e. The summed E-state index contributed by atoms with van der Waals surface area (Å²) in [7, 11) is 0. The van der Waals surface area contributed by atoms with E-state index in [2.05, 4.69) is 25.9 Å². The molecule has 0 unspecified atom stereocenters. The number of pyridine rings is 2. The maximum atomic E-state index is 12.9. The number of aromatic carboxylic acids is 1. The molecule has 3 aromatic rings. The van der Waals surface area contributed by atoms with Crippen LogP contribution in [0.2, 0.25) is 0 Å². The molecule has 2 aromatic heterocycles. The van der Waals surface area contributed by atoms with Gasteiger partial charge in [-0.1, -0.05) is 0 Å². The van der Waals surface area contributed by atoms with Crippen LogP contribution in [0.1, 0.15) is 10.5 Å². The van der Waals surface area contributed by atoms with Crippen molar-refractivity contribution in [2.75, 3.05) is 0 Å². The summed E-state index contributed by atoms with van der Waals surface area (Å²) in [5, 5.41) is 19.2. The summed E-state index contributed by atoms with van der Waals surface area (Å²) in [5.74, 6) is -1.64. The zero-order chi connectivity index (χ0) is 16.6. The third kappa shape index (κ3) is 2.93. The molecule has 2 heterocycles. The molecule has 6 nitrogen and oxygen atoms in total. The van der Waals surface area contributed by atoms with E-state index in [0.717, 1.165) is 0 Å². The number of halogens is 2. The van der Waals surface area contributed by atoms with Crippen molar-refractivity contribution in [1.82, 2.24) is 9.97 Å². The maximum absolute atomic E-state index is 12.9. The molecule has 3 rings (SSSR count). The minimum Gasteiger partial charge on any atom is -0.505 e. The van der Waals surface area contributed by atoms with Crippen molar-refractivity contribution in [2.45, 2.75) is 0 Å². The molecule has 0 aliphatic rings. The first kappa shape index (κ1) is 15.2. The maximum Gasteiger partial charge on any atom is 0.358 e. The second-order valence-electron chi connectivity index (χ2n) is 4.51. The van der Waals surface area contributed by atoms with Crippen molar-refractivity contribution in [3.05, 3.63) is 52.5 Å². The Balaban J connectivity index is 2.05. The van der Waals surface area contributed by atoms with E-state index in [0.29, 0.717) is 5.75 Å². The fourth-order valence-electron chi connectivity index (χ4n) is 1.95. The number of carboxylic acids is 1. The number of fused-ring (bicyclic) bond motifs is 1. The number of rotatable bonds is 3. The lowest BCUT2D eigenvalue weighted by Gasteiger charge is -2.08. The average molecular weight is 379 g/mol. The van der Waals surface area contributed by atoms with Crippen molar-refractivity contribution in [1.29, 1.82) is 0 Å². The molecule has 8 heteroatoms. The Morgan fingerprint density at radius 3 is 2.48 bits per heavy atom. The molecule has 0 atom stereocenters. The van der Waals surface area contributed by atoms with Gasteiger partial charge in [-0.15, -0.1) is 0 Å². The SMILES string of the molecule is O=C(O)c1nc(Br)c2nc(Oc3ccc(F)cc3)ccc2c1O. The van der Waals surface area contributed by atoms with Crippen LogP contribution in [0.3, 0.4) is 0 Å². The van der Waals surface area contributed by atoms with E-state index in [9.17, 15) is 14.3 Å². The summed E-state index contributed by atoms with van der Waals surface area (Å²) >= 11 is 3.13. The molecule has 0 spiro atoms. The molecule has 0 aliphatic heterocycles. The highest BCUT2D eigenvalue weighted by atomic mass is 79.9. The van der Waals surface area contributed by atoms with Crippen LogP contribution in [0.5, 0.6) is 17.4 Å². The Morgan fingerprint density at radius 1 is 1.13 bits per heavy atom. The lowest BCUT2D eigenvalue weighted by molar-refractivity contribution is 0.0687. The number of aromatic hydroxyl groups is 1. The summed E-state index contributed by atoms with van der Waals surface area (Å²) < 4.78 is 18.5. The van der Waals surface area contributed by atoms with E-state index in [1.54, 1.807) is 0 Å². The van der Waals surface area contributed by atoms with Crippen LogP contribution < -0.4 is 4.74 Å². The minimum absolute atomic E-state index is 0.159. The molecule has 2 N–H and O–H groups in total. The predicted molar refractivity (Wildman–Crippen MR) is 82.3 cm³/mol. The topological polar surface area (TPSA) is 92.5 Å². The fraction of sp³-hybridized carbons (Fsp3) is 0. The van der Waals surface area contributed by atoms with Gasteiger partial charge in [0.1, 0.15) is 21.7 Å². The molecule has 0 radical (unpaired) electrons. The van der Waals surface area contributed by atoms with Gasteiger partial charge < -0.3 is 14.9 Å². The van der Waals surface area contributed by atoms with Gasteiger partial charge in [0.15, 0.2) is 11.4 Å². The summed E-state index contributed by atoms with van der Waals surface area (Å²) in [6, 6.07) is 8.32. The van der Waals surface area contributed by atoms with Crippen LogP contribution in [0.25, 0.3) is 10.9 Å².